The van der Waals surface area contributed by atoms with Gasteiger partial charge in [-0.2, -0.15) is 0 Å². The lowest BCUT2D eigenvalue weighted by molar-refractivity contribution is 0.229. The highest BCUT2D eigenvalue weighted by Crippen LogP contribution is 2.43. The number of aliphatic hydroxyl groups is 1. The molecule has 0 radical (unpaired) electrons. The average Bonchev–Trinajstić information content (AvgIpc) is 3.18. The fourth-order valence-electron chi connectivity index (χ4n) is 3.17. The molecule has 4 rings (SSSR count). The summed E-state index contributed by atoms with van der Waals surface area (Å²) in [5, 5.41) is 11.7. The molecule has 0 spiro atoms. The van der Waals surface area contributed by atoms with Gasteiger partial charge in [0.1, 0.15) is 24.2 Å². The second-order valence-electron chi connectivity index (χ2n) is 6.99. The fraction of sp³-hybridized carbons (Fsp3) is 0.111. The summed E-state index contributed by atoms with van der Waals surface area (Å²) >= 11 is 1.54. The van der Waals surface area contributed by atoms with E-state index in [9.17, 15) is 5.11 Å². The molecule has 31 heavy (non-hydrogen) atoms. The second-order valence-corrected chi connectivity index (χ2v) is 8.08. The molecule has 1 N–H and O–H groups in total. The van der Waals surface area contributed by atoms with Crippen molar-refractivity contribution in [3.8, 4) is 17.2 Å². The van der Waals surface area contributed by atoms with Crippen molar-refractivity contribution < 1.29 is 14.6 Å². The topological polar surface area (TPSA) is 38.7 Å². The molecule has 3 aromatic carbocycles. The first-order valence-corrected chi connectivity index (χ1v) is 11.0. The van der Waals surface area contributed by atoms with Crippen LogP contribution in [0.4, 0.5) is 0 Å². The summed E-state index contributed by atoms with van der Waals surface area (Å²) in [4.78, 5) is 0.784. The second kappa shape index (κ2) is 10.1. The third-order valence-electron chi connectivity index (χ3n) is 4.73. The zero-order valence-electron chi connectivity index (χ0n) is 17.3. The van der Waals surface area contributed by atoms with Crippen LogP contribution >= 0.6 is 11.3 Å². The Morgan fingerprint density at radius 3 is 2.35 bits per heavy atom. The Morgan fingerprint density at radius 1 is 0.871 bits per heavy atom. The molecule has 0 bridgehead atoms. The van der Waals surface area contributed by atoms with Crippen LogP contribution < -0.4 is 9.47 Å². The van der Waals surface area contributed by atoms with Crippen molar-refractivity contribution in [2.45, 2.75) is 19.6 Å². The Balaban J connectivity index is 1.54. The van der Waals surface area contributed by atoms with Crippen molar-refractivity contribution in [2.75, 3.05) is 0 Å². The summed E-state index contributed by atoms with van der Waals surface area (Å²) < 4.78 is 13.2. The van der Waals surface area contributed by atoms with Gasteiger partial charge in [0.15, 0.2) is 5.75 Å². The van der Waals surface area contributed by atoms with Gasteiger partial charge >= 0.3 is 0 Å². The van der Waals surface area contributed by atoms with Gasteiger partial charge in [0.05, 0.1) is 4.88 Å². The molecule has 0 saturated heterocycles. The number of hydrogen-bond donors (Lipinski definition) is 1. The van der Waals surface area contributed by atoms with E-state index in [0.29, 0.717) is 18.1 Å². The molecule has 1 atom stereocenters. The highest BCUT2D eigenvalue weighted by atomic mass is 32.1. The largest absolute Gasteiger partial charge is 0.489 e. The van der Waals surface area contributed by atoms with Crippen LogP contribution in [0.1, 0.15) is 23.5 Å². The molecule has 156 valence electrons. The third kappa shape index (κ3) is 5.23. The maximum Gasteiger partial charge on any atom is 0.152 e. The smallest absolute Gasteiger partial charge is 0.152 e. The van der Waals surface area contributed by atoms with Gasteiger partial charge in [-0.25, -0.2) is 0 Å². The summed E-state index contributed by atoms with van der Waals surface area (Å²) in [7, 11) is 0. The minimum Gasteiger partial charge on any atom is -0.489 e. The number of rotatable bonds is 8. The van der Waals surface area contributed by atoms with Crippen molar-refractivity contribution >= 4 is 21.4 Å². The molecule has 4 aromatic rings. The van der Waals surface area contributed by atoms with Crippen LogP contribution in [0.3, 0.4) is 0 Å². The van der Waals surface area contributed by atoms with Crippen LogP contribution in [-0.4, -0.2) is 5.11 Å². The number of aliphatic hydroxyl groups excluding tert-OH is 1. The molecule has 1 heterocycles. The number of ether oxygens (including phenoxy) is 2. The average molecular weight is 429 g/mol. The first kappa shape index (κ1) is 20.9. The first-order valence-electron chi connectivity index (χ1n) is 10.2. The maximum atomic E-state index is 10.7. The van der Waals surface area contributed by atoms with Crippen LogP contribution in [0.15, 0.2) is 103 Å². The lowest BCUT2D eigenvalue weighted by Crippen LogP contribution is -1.95. The quantitative estimate of drug-likeness (QED) is 0.296. The van der Waals surface area contributed by atoms with Crippen LogP contribution in [0, 0.1) is 0 Å². The van der Waals surface area contributed by atoms with Crippen molar-refractivity contribution in [3.05, 3.63) is 114 Å². The molecule has 0 fully saturated rings. The number of fused-ring (bicyclic) bond motifs is 1. The molecule has 1 aromatic heterocycles. The van der Waals surface area contributed by atoms with E-state index < -0.39 is 6.10 Å². The minimum absolute atomic E-state index is 0.519. The molecular formula is C27H24O3S. The number of hydrogen-bond acceptors (Lipinski definition) is 4. The molecule has 0 saturated carbocycles. The van der Waals surface area contributed by atoms with Gasteiger partial charge in [-0.3, -0.25) is 0 Å². The number of allylic oxidation sites excluding steroid dienone is 3. The highest BCUT2D eigenvalue weighted by Gasteiger charge is 2.19. The zero-order valence-corrected chi connectivity index (χ0v) is 18.1. The molecule has 4 heteroatoms. The standard InChI is InChI=1S/C27H24O3S/c1-2-3-5-13-24(28)27-26(23-12-8-9-14-25(23)31-27)30-22-17-15-21(16-18-22)29-19-20-10-6-4-7-11-20/h2-18,24,28H,19H2,1H3. The zero-order chi connectivity index (χ0) is 21.5. The Labute approximate surface area is 186 Å². The van der Waals surface area contributed by atoms with Crippen LogP contribution in [0.25, 0.3) is 10.1 Å². The summed E-state index contributed by atoms with van der Waals surface area (Å²) in [6, 6.07) is 25.7. The lowest BCUT2D eigenvalue weighted by atomic mass is 10.2. The van der Waals surface area contributed by atoms with Gasteiger partial charge in [0.25, 0.3) is 0 Å². The molecule has 0 aliphatic carbocycles. The highest BCUT2D eigenvalue weighted by molar-refractivity contribution is 7.19. The van der Waals surface area contributed by atoms with E-state index in [4.69, 9.17) is 9.47 Å². The Morgan fingerprint density at radius 2 is 1.58 bits per heavy atom. The van der Waals surface area contributed by atoms with Crippen LogP contribution in [0.5, 0.6) is 17.2 Å². The lowest BCUT2D eigenvalue weighted by Gasteiger charge is -2.11. The monoisotopic (exact) mass is 428 g/mol. The van der Waals surface area contributed by atoms with Crippen molar-refractivity contribution in [3.63, 3.8) is 0 Å². The fourth-order valence-corrected chi connectivity index (χ4v) is 4.27. The van der Waals surface area contributed by atoms with Gasteiger partial charge in [-0.15, -0.1) is 11.3 Å². The van der Waals surface area contributed by atoms with E-state index in [1.165, 1.54) is 0 Å². The molecule has 0 amide bonds. The Bertz CT molecular complexity index is 1170. The summed E-state index contributed by atoms with van der Waals surface area (Å²) in [5.74, 6) is 2.17. The van der Waals surface area contributed by atoms with Gasteiger partial charge < -0.3 is 14.6 Å². The Kier molecular flexibility index (Phi) is 6.82. The van der Waals surface area contributed by atoms with Crippen LogP contribution in [0.2, 0.25) is 0 Å². The number of benzene rings is 3. The van der Waals surface area contributed by atoms with Gasteiger partial charge in [0.2, 0.25) is 0 Å². The van der Waals surface area contributed by atoms with E-state index in [0.717, 1.165) is 26.3 Å². The van der Waals surface area contributed by atoms with Gasteiger partial charge in [0, 0.05) is 10.1 Å². The normalized spacial score (nSPS) is 12.6. The van der Waals surface area contributed by atoms with Gasteiger partial charge in [-0.1, -0.05) is 66.8 Å². The molecule has 3 nitrogen and oxygen atoms in total. The molecule has 0 aliphatic heterocycles. The van der Waals surface area contributed by atoms with Gasteiger partial charge in [-0.05, 0) is 48.9 Å². The van der Waals surface area contributed by atoms with E-state index in [1.807, 2.05) is 104 Å². The predicted molar refractivity (Wildman–Crippen MR) is 128 cm³/mol. The van der Waals surface area contributed by atoms with E-state index in [1.54, 1.807) is 17.4 Å². The molecule has 0 aliphatic rings. The van der Waals surface area contributed by atoms with E-state index in [-0.39, 0.29) is 0 Å². The molecule has 1 unspecified atom stereocenters. The summed E-state index contributed by atoms with van der Waals surface area (Å²) in [6.45, 7) is 2.46. The van der Waals surface area contributed by atoms with Crippen LogP contribution in [-0.2, 0) is 6.61 Å². The minimum atomic E-state index is -0.739. The van der Waals surface area contributed by atoms with E-state index >= 15 is 0 Å². The SMILES string of the molecule is CC=CC=CC(O)c1sc2ccccc2c1Oc1ccc(OCc2ccccc2)cc1. The van der Waals surface area contributed by atoms with Crippen molar-refractivity contribution in [2.24, 2.45) is 0 Å². The first-order chi connectivity index (χ1) is 15.2. The third-order valence-corrected chi connectivity index (χ3v) is 5.96. The van der Waals surface area contributed by atoms with Crippen molar-refractivity contribution in [1.29, 1.82) is 0 Å². The summed E-state index contributed by atoms with van der Waals surface area (Å²) in [6.07, 6.45) is 6.69. The maximum absolute atomic E-state index is 10.7. The van der Waals surface area contributed by atoms with E-state index in [2.05, 4.69) is 0 Å². The predicted octanol–water partition coefficient (Wildman–Crippen LogP) is 7.44. The Hall–Kier alpha value is -3.34. The summed E-state index contributed by atoms with van der Waals surface area (Å²) in [5.41, 5.74) is 1.12. The molecular weight excluding hydrogens is 404 g/mol. The van der Waals surface area contributed by atoms with Crippen molar-refractivity contribution in [1.82, 2.24) is 0 Å². The number of thiophene rings is 1.